The molecule has 5 rings (SSSR count). The van der Waals surface area contributed by atoms with Crippen molar-refractivity contribution in [2.75, 3.05) is 13.1 Å². The van der Waals surface area contributed by atoms with Crippen molar-refractivity contribution < 1.29 is 18.4 Å². The first-order valence-electron chi connectivity index (χ1n) is 11.2. The van der Waals surface area contributed by atoms with Gasteiger partial charge in [0.25, 0.3) is 5.91 Å². The molecule has 0 saturated carbocycles. The van der Waals surface area contributed by atoms with Crippen LogP contribution in [0.4, 0.5) is 8.78 Å². The van der Waals surface area contributed by atoms with Gasteiger partial charge in [-0.05, 0) is 43.2 Å². The Kier molecular flexibility index (Phi) is 5.88. The Morgan fingerprint density at radius 1 is 0.824 bits per heavy atom. The van der Waals surface area contributed by atoms with Crippen LogP contribution in [0, 0.1) is 17.6 Å². The standard InChI is InChI=1S/C28H22F2N2O2/c29-20-10-11-24(30)23(16-20)27(33)19-12-14-32(15-13-19)28(34)22-17-26(18-6-2-1-3-7-18)31-25-9-5-4-8-21(22)25/h1-11,16-17,19H,12-15H2. The minimum absolute atomic E-state index is 0.126. The topological polar surface area (TPSA) is 50.3 Å². The fourth-order valence-electron chi connectivity index (χ4n) is 4.53. The third kappa shape index (κ3) is 4.19. The minimum atomic E-state index is -0.721. The fourth-order valence-corrected chi connectivity index (χ4v) is 4.53. The number of aromatic nitrogens is 1. The molecular formula is C28H22F2N2O2. The van der Waals surface area contributed by atoms with Crippen molar-refractivity contribution in [1.29, 1.82) is 0 Å². The van der Waals surface area contributed by atoms with Gasteiger partial charge in [-0.15, -0.1) is 0 Å². The third-order valence-electron chi connectivity index (χ3n) is 6.36. The first kappa shape index (κ1) is 21.9. The van der Waals surface area contributed by atoms with Crippen LogP contribution in [-0.2, 0) is 0 Å². The zero-order valence-electron chi connectivity index (χ0n) is 18.4. The molecule has 1 fully saturated rings. The molecule has 34 heavy (non-hydrogen) atoms. The highest BCUT2D eigenvalue weighted by Gasteiger charge is 2.30. The molecule has 1 aliphatic heterocycles. The number of benzene rings is 3. The van der Waals surface area contributed by atoms with Crippen LogP contribution in [0.2, 0.25) is 0 Å². The summed E-state index contributed by atoms with van der Waals surface area (Å²) in [7, 11) is 0. The van der Waals surface area contributed by atoms with Crippen LogP contribution in [0.1, 0.15) is 33.6 Å². The number of halogens is 2. The lowest BCUT2D eigenvalue weighted by Gasteiger charge is -2.31. The zero-order chi connectivity index (χ0) is 23.7. The van der Waals surface area contributed by atoms with Gasteiger partial charge in [-0.25, -0.2) is 13.8 Å². The van der Waals surface area contributed by atoms with Gasteiger partial charge in [-0.1, -0.05) is 48.5 Å². The summed E-state index contributed by atoms with van der Waals surface area (Å²) in [5.74, 6) is -2.35. The van der Waals surface area contributed by atoms with Crippen LogP contribution in [0.25, 0.3) is 22.2 Å². The quantitative estimate of drug-likeness (QED) is 0.359. The van der Waals surface area contributed by atoms with Gasteiger partial charge in [0.15, 0.2) is 5.78 Å². The van der Waals surface area contributed by atoms with Crippen LogP contribution in [0.15, 0.2) is 78.9 Å². The summed E-state index contributed by atoms with van der Waals surface area (Å²) in [5, 5.41) is 0.771. The molecule has 4 nitrogen and oxygen atoms in total. The van der Waals surface area contributed by atoms with Crippen molar-refractivity contribution in [3.8, 4) is 11.3 Å². The molecule has 1 amide bonds. The maximum Gasteiger partial charge on any atom is 0.254 e. The van der Waals surface area contributed by atoms with Gasteiger partial charge in [-0.2, -0.15) is 0 Å². The number of likely N-dealkylation sites (tertiary alicyclic amines) is 1. The Morgan fingerprint density at radius 3 is 2.29 bits per heavy atom. The summed E-state index contributed by atoms with van der Waals surface area (Å²) in [6, 6.07) is 22.0. The van der Waals surface area contributed by atoms with E-state index in [1.165, 1.54) is 0 Å². The van der Waals surface area contributed by atoms with E-state index in [0.29, 0.717) is 37.2 Å². The summed E-state index contributed by atoms with van der Waals surface area (Å²) in [4.78, 5) is 32.8. The molecule has 0 aliphatic carbocycles. The van der Waals surface area contributed by atoms with Gasteiger partial charge in [0.2, 0.25) is 0 Å². The number of hydrogen-bond donors (Lipinski definition) is 0. The highest BCUT2D eigenvalue weighted by atomic mass is 19.1. The Labute approximate surface area is 195 Å². The maximum atomic E-state index is 14.1. The molecular weight excluding hydrogens is 434 g/mol. The first-order chi connectivity index (χ1) is 16.5. The number of carbonyl (C=O) groups is 2. The zero-order valence-corrected chi connectivity index (χ0v) is 18.4. The molecule has 4 aromatic rings. The van der Waals surface area contributed by atoms with E-state index < -0.39 is 23.3 Å². The molecule has 0 radical (unpaired) electrons. The van der Waals surface area contributed by atoms with Crippen molar-refractivity contribution in [2.45, 2.75) is 12.8 Å². The summed E-state index contributed by atoms with van der Waals surface area (Å²) in [6.07, 6.45) is 0.796. The monoisotopic (exact) mass is 456 g/mol. The van der Waals surface area contributed by atoms with Crippen molar-refractivity contribution >= 4 is 22.6 Å². The van der Waals surface area contributed by atoms with Gasteiger partial charge in [0.05, 0.1) is 22.3 Å². The number of fused-ring (bicyclic) bond motifs is 1. The van der Waals surface area contributed by atoms with E-state index in [2.05, 4.69) is 0 Å². The van der Waals surface area contributed by atoms with E-state index in [0.717, 1.165) is 34.7 Å². The van der Waals surface area contributed by atoms with Crippen molar-refractivity contribution in [2.24, 2.45) is 5.92 Å². The van der Waals surface area contributed by atoms with Gasteiger partial charge in [0, 0.05) is 30.0 Å². The summed E-state index contributed by atoms with van der Waals surface area (Å²) in [6.45, 7) is 0.729. The molecule has 0 N–H and O–H groups in total. The van der Waals surface area contributed by atoms with E-state index in [1.54, 1.807) is 4.90 Å². The number of para-hydroxylation sites is 1. The van der Waals surface area contributed by atoms with Gasteiger partial charge < -0.3 is 4.90 Å². The molecule has 1 saturated heterocycles. The van der Waals surface area contributed by atoms with Crippen LogP contribution in [0.3, 0.4) is 0 Å². The van der Waals surface area contributed by atoms with Crippen LogP contribution < -0.4 is 0 Å². The van der Waals surface area contributed by atoms with E-state index in [9.17, 15) is 18.4 Å². The lowest BCUT2D eigenvalue weighted by atomic mass is 9.88. The SMILES string of the molecule is O=C(c1cc(F)ccc1F)C1CCN(C(=O)c2cc(-c3ccccc3)nc3ccccc23)CC1. The lowest BCUT2D eigenvalue weighted by molar-refractivity contribution is 0.0650. The molecule has 2 heterocycles. The molecule has 3 aromatic carbocycles. The second-order valence-electron chi connectivity index (χ2n) is 8.49. The van der Waals surface area contributed by atoms with Crippen LogP contribution >= 0.6 is 0 Å². The largest absolute Gasteiger partial charge is 0.339 e. The molecule has 0 atom stereocenters. The summed E-state index contributed by atoms with van der Waals surface area (Å²) < 4.78 is 27.6. The van der Waals surface area contributed by atoms with Crippen molar-refractivity contribution in [1.82, 2.24) is 9.88 Å². The molecule has 1 aliphatic rings. The van der Waals surface area contributed by atoms with Gasteiger partial charge >= 0.3 is 0 Å². The average Bonchev–Trinajstić information content (AvgIpc) is 2.89. The highest BCUT2D eigenvalue weighted by molar-refractivity contribution is 6.07. The smallest absolute Gasteiger partial charge is 0.254 e. The molecule has 0 spiro atoms. The number of nitrogens with zero attached hydrogens (tertiary/aromatic N) is 2. The number of pyridine rings is 1. The number of hydrogen-bond acceptors (Lipinski definition) is 3. The van der Waals surface area contributed by atoms with Crippen molar-refractivity contribution in [3.63, 3.8) is 0 Å². The molecule has 0 bridgehead atoms. The Hall–Kier alpha value is -3.93. The second-order valence-corrected chi connectivity index (χ2v) is 8.49. The molecule has 1 aromatic heterocycles. The van der Waals surface area contributed by atoms with Crippen LogP contribution in [-0.4, -0.2) is 34.7 Å². The second kappa shape index (κ2) is 9.14. The molecule has 6 heteroatoms. The number of carbonyl (C=O) groups excluding carboxylic acids is 2. The number of rotatable bonds is 4. The van der Waals surface area contributed by atoms with Crippen LogP contribution in [0.5, 0.6) is 0 Å². The van der Waals surface area contributed by atoms with Gasteiger partial charge in [-0.3, -0.25) is 9.59 Å². The molecule has 0 unspecified atom stereocenters. The van der Waals surface area contributed by atoms with E-state index in [1.807, 2.05) is 60.7 Å². The predicted octanol–water partition coefficient (Wildman–Crippen LogP) is 5.92. The molecule has 170 valence electrons. The van der Waals surface area contributed by atoms with Crippen molar-refractivity contribution in [3.05, 3.63) is 102 Å². The van der Waals surface area contributed by atoms with E-state index in [-0.39, 0.29) is 11.5 Å². The number of piperidine rings is 1. The Morgan fingerprint density at radius 2 is 1.53 bits per heavy atom. The van der Waals surface area contributed by atoms with E-state index >= 15 is 0 Å². The normalized spacial score (nSPS) is 14.4. The average molecular weight is 456 g/mol. The third-order valence-corrected chi connectivity index (χ3v) is 6.36. The fraction of sp³-hybridized carbons (Fsp3) is 0.179. The summed E-state index contributed by atoms with van der Waals surface area (Å²) in [5.41, 5.74) is 2.71. The first-order valence-corrected chi connectivity index (χ1v) is 11.2. The maximum absolute atomic E-state index is 14.1. The van der Waals surface area contributed by atoms with E-state index in [4.69, 9.17) is 4.98 Å². The lowest BCUT2D eigenvalue weighted by Crippen LogP contribution is -2.40. The minimum Gasteiger partial charge on any atom is -0.339 e. The Bertz CT molecular complexity index is 1380. The number of amides is 1. The van der Waals surface area contributed by atoms with Gasteiger partial charge in [0.1, 0.15) is 11.6 Å². The Balaban J connectivity index is 1.39. The highest BCUT2D eigenvalue weighted by Crippen LogP contribution is 2.29. The number of Topliss-reactive ketones (excluding diaryl/α,β-unsaturated/α-hetero) is 1. The predicted molar refractivity (Wildman–Crippen MR) is 126 cm³/mol. The number of ketones is 1. The summed E-state index contributed by atoms with van der Waals surface area (Å²) >= 11 is 0.